The maximum absolute atomic E-state index is 11.6. The van der Waals surface area contributed by atoms with Gasteiger partial charge in [-0.25, -0.2) is 0 Å². The molecule has 0 bridgehead atoms. The Kier molecular flexibility index (Phi) is 3.19. The van der Waals surface area contributed by atoms with Crippen molar-refractivity contribution in [2.75, 3.05) is 27.2 Å². The van der Waals surface area contributed by atoms with E-state index in [0.29, 0.717) is 17.7 Å². The molecule has 1 saturated heterocycles. The molecule has 0 radical (unpaired) electrons. The lowest BCUT2D eigenvalue weighted by Gasteiger charge is -2.39. The van der Waals surface area contributed by atoms with Crippen LogP contribution in [0.25, 0.3) is 0 Å². The summed E-state index contributed by atoms with van der Waals surface area (Å²) in [5, 5.41) is 3.34. The molecule has 1 amide bonds. The van der Waals surface area contributed by atoms with E-state index in [9.17, 15) is 4.79 Å². The zero-order chi connectivity index (χ0) is 8.72. The number of hydrogen-bond donors (Lipinski definition) is 1. The van der Waals surface area contributed by atoms with Gasteiger partial charge in [0.1, 0.15) is 0 Å². The molecular formula is C9H17ClN2O. The van der Waals surface area contributed by atoms with Crippen molar-refractivity contribution in [2.24, 2.45) is 17.8 Å². The Labute approximate surface area is 85.3 Å². The van der Waals surface area contributed by atoms with Gasteiger partial charge in [-0.2, -0.15) is 0 Å². The van der Waals surface area contributed by atoms with Crippen molar-refractivity contribution in [3.63, 3.8) is 0 Å². The van der Waals surface area contributed by atoms with Gasteiger partial charge in [0.2, 0.25) is 5.91 Å². The van der Waals surface area contributed by atoms with Crippen LogP contribution in [0.3, 0.4) is 0 Å². The summed E-state index contributed by atoms with van der Waals surface area (Å²) < 4.78 is 0. The van der Waals surface area contributed by atoms with Crippen LogP contribution < -0.4 is 5.32 Å². The Morgan fingerprint density at radius 3 is 2.62 bits per heavy atom. The van der Waals surface area contributed by atoms with Crippen LogP contribution in [0, 0.1) is 17.8 Å². The van der Waals surface area contributed by atoms with Gasteiger partial charge in [0.05, 0.1) is 0 Å². The minimum Gasteiger partial charge on any atom is -0.349 e. The highest BCUT2D eigenvalue weighted by atomic mass is 35.5. The number of nitrogens with one attached hydrogen (secondary N) is 1. The largest absolute Gasteiger partial charge is 0.349 e. The van der Waals surface area contributed by atoms with Crippen LogP contribution in [0.1, 0.15) is 6.42 Å². The Bertz CT molecular complexity index is 208. The van der Waals surface area contributed by atoms with Gasteiger partial charge in [-0.3, -0.25) is 4.79 Å². The molecule has 0 aromatic heterocycles. The van der Waals surface area contributed by atoms with Crippen LogP contribution in [0.15, 0.2) is 0 Å². The molecule has 0 aromatic rings. The Balaban J connectivity index is 0.000000845. The summed E-state index contributed by atoms with van der Waals surface area (Å²) >= 11 is 0. The summed E-state index contributed by atoms with van der Waals surface area (Å²) in [4.78, 5) is 13.3. The number of hydrogen-bond acceptors (Lipinski definition) is 2. The molecule has 2 fully saturated rings. The maximum atomic E-state index is 11.6. The van der Waals surface area contributed by atoms with Crippen LogP contribution >= 0.6 is 12.4 Å². The van der Waals surface area contributed by atoms with Crippen molar-refractivity contribution < 1.29 is 4.79 Å². The lowest BCUT2D eigenvalue weighted by atomic mass is 9.66. The molecule has 4 heteroatoms. The second-order valence-electron chi connectivity index (χ2n) is 4.16. The molecule has 13 heavy (non-hydrogen) atoms. The van der Waals surface area contributed by atoms with E-state index in [0.717, 1.165) is 25.4 Å². The third kappa shape index (κ3) is 1.67. The van der Waals surface area contributed by atoms with E-state index in [-0.39, 0.29) is 12.4 Å². The van der Waals surface area contributed by atoms with Crippen LogP contribution in [0.2, 0.25) is 0 Å². The molecule has 1 saturated carbocycles. The second-order valence-corrected chi connectivity index (χ2v) is 4.16. The number of rotatable bonds is 1. The highest BCUT2D eigenvalue weighted by Crippen LogP contribution is 2.43. The number of amides is 1. The van der Waals surface area contributed by atoms with E-state index >= 15 is 0 Å². The first-order valence-electron chi connectivity index (χ1n) is 4.62. The van der Waals surface area contributed by atoms with E-state index in [2.05, 4.69) is 5.32 Å². The third-order valence-electron chi connectivity index (χ3n) is 3.22. The highest BCUT2D eigenvalue weighted by Gasteiger charge is 2.47. The first kappa shape index (κ1) is 10.8. The smallest absolute Gasteiger partial charge is 0.225 e. The van der Waals surface area contributed by atoms with Crippen LogP contribution in [-0.2, 0) is 4.79 Å². The molecule has 3 unspecified atom stereocenters. The van der Waals surface area contributed by atoms with E-state index in [4.69, 9.17) is 0 Å². The first-order valence-corrected chi connectivity index (χ1v) is 4.62. The summed E-state index contributed by atoms with van der Waals surface area (Å²) in [6.07, 6.45) is 1.11. The monoisotopic (exact) mass is 204 g/mol. The Morgan fingerprint density at radius 2 is 2.08 bits per heavy atom. The van der Waals surface area contributed by atoms with E-state index < -0.39 is 0 Å². The van der Waals surface area contributed by atoms with Crippen molar-refractivity contribution in [1.29, 1.82) is 0 Å². The molecule has 3 nitrogen and oxygen atoms in total. The fourth-order valence-electron chi connectivity index (χ4n) is 2.40. The Hall–Kier alpha value is -0.280. The second kappa shape index (κ2) is 3.84. The van der Waals surface area contributed by atoms with Gasteiger partial charge >= 0.3 is 0 Å². The Morgan fingerprint density at radius 1 is 1.38 bits per heavy atom. The SMILES string of the molecule is CN(C)C(=O)C1CC2CNCC21.Cl. The predicted molar refractivity (Wildman–Crippen MR) is 53.9 cm³/mol. The van der Waals surface area contributed by atoms with E-state index in [1.807, 2.05) is 14.1 Å². The van der Waals surface area contributed by atoms with Crippen LogP contribution in [0.5, 0.6) is 0 Å². The quantitative estimate of drug-likeness (QED) is 0.669. The molecule has 1 aliphatic carbocycles. The average molecular weight is 205 g/mol. The van der Waals surface area contributed by atoms with Gasteiger partial charge in [0.15, 0.2) is 0 Å². The first-order chi connectivity index (χ1) is 5.70. The van der Waals surface area contributed by atoms with Gasteiger partial charge in [-0.15, -0.1) is 12.4 Å². The molecule has 76 valence electrons. The van der Waals surface area contributed by atoms with E-state index in [1.54, 1.807) is 4.90 Å². The zero-order valence-corrected chi connectivity index (χ0v) is 8.93. The van der Waals surface area contributed by atoms with Gasteiger partial charge in [-0.1, -0.05) is 0 Å². The molecule has 0 aromatic carbocycles. The summed E-state index contributed by atoms with van der Waals surface area (Å²) in [7, 11) is 3.69. The lowest BCUT2D eigenvalue weighted by molar-refractivity contribution is -0.140. The van der Waals surface area contributed by atoms with Gasteiger partial charge in [-0.05, 0) is 31.3 Å². The molecule has 0 spiro atoms. The molecule has 3 atom stereocenters. The van der Waals surface area contributed by atoms with Crippen molar-refractivity contribution >= 4 is 18.3 Å². The summed E-state index contributed by atoms with van der Waals surface area (Å²) in [6.45, 7) is 2.18. The van der Waals surface area contributed by atoms with E-state index in [1.165, 1.54) is 0 Å². The number of nitrogens with zero attached hydrogens (tertiary/aromatic N) is 1. The van der Waals surface area contributed by atoms with Crippen molar-refractivity contribution in [3.05, 3.63) is 0 Å². The van der Waals surface area contributed by atoms with Crippen molar-refractivity contribution in [1.82, 2.24) is 10.2 Å². The number of carbonyl (C=O) groups excluding carboxylic acids is 1. The number of fused-ring (bicyclic) bond motifs is 1. The highest BCUT2D eigenvalue weighted by molar-refractivity contribution is 5.85. The van der Waals surface area contributed by atoms with Crippen molar-refractivity contribution in [2.45, 2.75) is 6.42 Å². The fourth-order valence-corrected chi connectivity index (χ4v) is 2.40. The van der Waals surface area contributed by atoms with Crippen molar-refractivity contribution in [3.8, 4) is 0 Å². The van der Waals surface area contributed by atoms with Gasteiger partial charge < -0.3 is 10.2 Å². The summed E-state index contributed by atoms with van der Waals surface area (Å²) in [5.41, 5.74) is 0. The molecule has 2 aliphatic rings. The summed E-state index contributed by atoms with van der Waals surface area (Å²) in [6, 6.07) is 0. The minimum atomic E-state index is 0. The van der Waals surface area contributed by atoms with Gasteiger partial charge in [0.25, 0.3) is 0 Å². The number of halogens is 1. The van der Waals surface area contributed by atoms with Gasteiger partial charge in [0, 0.05) is 20.0 Å². The fraction of sp³-hybridized carbons (Fsp3) is 0.889. The number of carbonyl (C=O) groups is 1. The maximum Gasteiger partial charge on any atom is 0.225 e. The molecule has 1 N–H and O–H groups in total. The van der Waals surface area contributed by atoms with Crippen LogP contribution in [0.4, 0.5) is 0 Å². The standard InChI is InChI=1S/C9H16N2O.ClH/c1-11(2)9(12)7-3-6-4-10-5-8(6)7;/h6-8,10H,3-5H2,1-2H3;1H. The molecular weight excluding hydrogens is 188 g/mol. The zero-order valence-electron chi connectivity index (χ0n) is 8.12. The predicted octanol–water partition coefficient (Wildman–Crippen LogP) is 0.352. The minimum absolute atomic E-state index is 0. The summed E-state index contributed by atoms with van der Waals surface area (Å²) in [5.74, 6) is 2.07. The normalized spacial score (nSPS) is 35.7. The lowest BCUT2D eigenvalue weighted by Crippen LogP contribution is -2.45. The molecule has 2 rings (SSSR count). The van der Waals surface area contributed by atoms with Crippen LogP contribution in [-0.4, -0.2) is 38.0 Å². The topological polar surface area (TPSA) is 32.3 Å². The third-order valence-corrected chi connectivity index (χ3v) is 3.22. The molecule has 1 aliphatic heterocycles. The average Bonchev–Trinajstić information content (AvgIpc) is 2.32. The molecule has 1 heterocycles.